The average molecular weight is 421 g/mol. The van der Waals surface area contributed by atoms with Gasteiger partial charge in [-0.3, -0.25) is 9.69 Å². The van der Waals surface area contributed by atoms with Crippen LogP contribution in [0.5, 0.6) is 0 Å². The Morgan fingerprint density at radius 3 is 2.60 bits per heavy atom. The van der Waals surface area contributed by atoms with Gasteiger partial charge in [-0.25, -0.2) is 9.78 Å². The number of amides is 1. The zero-order valence-corrected chi connectivity index (χ0v) is 18.3. The number of benzene rings is 2. The summed E-state index contributed by atoms with van der Waals surface area (Å²) in [6, 6.07) is 13.7. The number of carbonyl (C=O) groups excluding carboxylic acids is 2. The molecule has 0 spiro atoms. The molecule has 0 unspecified atom stereocenters. The van der Waals surface area contributed by atoms with Gasteiger partial charge in [-0.2, -0.15) is 0 Å². The van der Waals surface area contributed by atoms with Crippen molar-refractivity contribution in [3.8, 4) is 0 Å². The van der Waals surface area contributed by atoms with E-state index in [0.717, 1.165) is 27.9 Å². The number of hydrogen-bond donors (Lipinski definition) is 0. The lowest BCUT2D eigenvalue weighted by Gasteiger charge is -2.19. The number of carbonyl (C=O) groups is 2. The van der Waals surface area contributed by atoms with Gasteiger partial charge in [0.25, 0.3) is 0 Å². The van der Waals surface area contributed by atoms with E-state index in [1.807, 2.05) is 63.2 Å². The highest BCUT2D eigenvalue weighted by molar-refractivity contribution is 7.14. The average Bonchev–Trinajstić information content (AvgIpc) is 3.16. The molecule has 154 valence electrons. The van der Waals surface area contributed by atoms with Crippen LogP contribution < -0.4 is 4.90 Å². The Hall–Kier alpha value is -3.25. The molecule has 0 aliphatic carbocycles. The van der Waals surface area contributed by atoms with Crippen molar-refractivity contribution in [1.82, 2.24) is 4.98 Å². The summed E-state index contributed by atoms with van der Waals surface area (Å²) >= 11 is 1.34. The number of nitrogens with zero attached hydrogens (tertiary/aromatic N) is 2. The first-order chi connectivity index (χ1) is 14.3. The molecule has 0 fully saturated rings. The van der Waals surface area contributed by atoms with Crippen molar-refractivity contribution in [3.05, 3.63) is 81.9 Å². The molecular weight excluding hydrogens is 396 g/mol. The van der Waals surface area contributed by atoms with Crippen LogP contribution >= 0.6 is 11.3 Å². The molecule has 0 aliphatic rings. The zero-order chi connectivity index (χ0) is 21.7. The number of ether oxygens (including phenoxy) is 1. The molecule has 5 nitrogen and oxygen atoms in total. The molecule has 1 amide bonds. The van der Waals surface area contributed by atoms with E-state index >= 15 is 0 Å². The zero-order valence-electron chi connectivity index (χ0n) is 17.5. The smallest absolute Gasteiger partial charge is 0.331 e. The monoisotopic (exact) mass is 420 g/mol. The van der Waals surface area contributed by atoms with Crippen molar-refractivity contribution in [1.29, 1.82) is 0 Å². The highest BCUT2D eigenvalue weighted by Gasteiger charge is 2.18. The van der Waals surface area contributed by atoms with Crippen molar-refractivity contribution >= 4 is 40.1 Å². The van der Waals surface area contributed by atoms with Crippen molar-refractivity contribution < 1.29 is 14.3 Å². The van der Waals surface area contributed by atoms with Crippen LogP contribution in [0.2, 0.25) is 0 Å². The van der Waals surface area contributed by atoms with E-state index in [0.29, 0.717) is 10.8 Å². The Morgan fingerprint density at radius 1 is 1.10 bits per heavy atom. The Morgan fingerprint density at radius 2 is 1.90 bits per heavy atom. The fraction of sp³-hybridized carbons (Fsp3) is 0.208. The van der Waals surface area contributed by atoms with Crippen LogP contribution in [0, 0.1) is 20.8 Å². The molecule has 0 radical (unpaired) electrons. The van der Waals surface area contributed by atoms with Crippen LogP contribution in [-0.2, 0) is 20.9 Å². The molecule has 0 bridgehead atoms. The molecule has 0 aliphatic heterocycles. The van der Waals surface area contributed by atoms with Crippen molar-refractivity contribution in [3.63, 3.8) is 0 Å². The van der Waals surface area contributed by atoms with E-state index in [4.69, 9.17) is 4.74 Å². The molecule has 1 aromatic heterocycles. The molecule has 3 aromatic rings. The lowest BCUT2D eigenvalue weighted by Crippen LogP contribution is -2.22. The second-order valence-electron chi connectivity index (χ2n) is 7.10. The van der Waals surface area contributed by atoms with E-state index in [9.17, 15) is 9.59 Å². The topological polar surface area (TPSA) is 59.5 Å². The quantitative estimate of drug-likeness (QED) is 0.390. The molecule has 0 atom stereocenters. The van der Waals surface area contributed by atoms with Crippen LogP contribution in [0.25, 0.3) is 6.08 Å². The highest BCUT2D eigenvalue weighted by atomic mass is 32.1. The molecule has 2 aromatic carbocycles. The Kier molecular flexibility index (Phi) is 6.79. The maximum atomic E-state index is 12.3. The van der Waals surface area contributed by atoms with Crippen LogP contribution in [0.15, 0.2) is 53.9 Å². The third-order valence-electron chi connectivity index (χ3n) is 4.61. The fourth-order valence-corrected chi connectivity index (χ4v) is 3.76. The van der Waals surface area contributed by atoms with E-state index in [1.54, 1.807) is 16.4 Å². The molecule has 30 heavy (non-hydrogen) atoms. The second kappa shape index (κ2) is 9.50. The van der Waals surface area contributed by atoms with E-state index in [1.165, 1.54) is 24.3 Å². The molecule has 0 saturated carbocycles. The Bertz CT molecular complexity index is 1100. The van der Waals surface area contributed by atoms with Gasteiger partial charge in [-0.05, 0) is 55.7 Å². The Balaban J connectivity index is 1.66. The van der Waals surface area contributed by atoms with Crippen LogP contribution in [0.1, 0.15) is 34.9 Å². The summed E-state index contributed by atoms with van der Waals surface area (Å²) in [5, 5.41) is 2.34. The van der Waals surface area contributed by atoms with Crippen molar-refractivity contribution in [2.45, 2.75) is 34.3 Å². The largest absolute Gasteiger partial charge is 0.456 e. The first-order valence-corrected chi connectivity index (χ1v) is 10.5. The van der Waals surface area contributed by atoms with Crippen LogP contribution in [-0.4, -0.2) is 16.9 Å². The number of esters is 1. The third-order valence-corrected chi connectivity index (χ3v) is 5.49. The van der Waals surface area contributed by atoms with Crippen molar-refractivity contribution in [2.75, 3.05) is 4.90 Å². The summed E-state index contributed by atoms with van der Waals surface area (Å²) in [5.74, 6) is -0.569. The molecule has 0 N–H and O–H groups in total. The summed E-state index contributed by atoms with van der Waals surface area (Å²) in [4.78, 5) is 30.3. The minimum Gasteiger partial charge on any atom is -0.456 e. The molecule has 0 saturated heterocycles. The number of aryl methyl sites for hydroxylation is 3. The summed E-state index contributed by atoms with van der Waals surface area (Å²) < 4.78 is 5.29. The normalized spacial score (nSPS) is 10.9. The molecule has 3 rings (SSSR count). The fourth-order valence-electron chi connectivity index (χ4n) is 2.89. The summed E-state index contributed by atoms with van der Waals surface area (Å²) in [6.07, 6.45) is 3.12. The minimum atomic E-state index is -0.441. The first-order valence-electron chi connectivity index (χ1n) is 9.57. The maximum absolute atomic E-state index is 12.3. The van der Waals surface area contributed by atoms with Gasteiger partial charge < -0.3 is 4.74 Å². The third kappa shape index (κ3) is 5.42. The van der Waals surface area contributed by atoms with Crippen molar-refractivity contribution in [2.24, 2.45) is 0 Å². The lowest BCUT2D eigenvalue weighted by molar-refractivity contribution is -0.139. The number of hydrogen-bond acceptors (Lipinski definition) is 5. The predicted molar refractivity (Wildman–Crippen MR) is 121 cm³/mol. The van der Waals surface area contributed by atoms with E-state index in [2.05, 4.69) is 4.98 Å². The van der Waals surface area contributed by atoms with Gasteiger partial charge in [0.2, 0.25) is 5.91 Å². The lowest BCUT2D eigenvalue weighted by atomic mass is 10.1. The van der Waals surface area contributed by atoms with Crippen LogP contribution in [0.3, 0.4) is 0 Å². The van der Waals surface area contributed by atoms with Gasteiger partial charge in [-0.1, -0.05) is 35.9 Å². The Labute approximate surface area is 180 Å². The van der Waals surface area contributed by atoms with Gasteiger partial charge in [0.05, 0.1) is 11.4 Å². The van der Waals surface area contributed by atoms with E-state index < -0.39 is 5.97 Å². The maximum Gasteiger partial charge on any atom is 0.331 e. The van der Waals surface area contributed by atoms with Gasteiger partial charge in [0, 0.05) is 18.4 Å². The van der Waals surface area contributed by atoms with E-state index in [-0.39, 0.29) is 12.5 Å². The summed E-state index contributed by atoms with van der Waals surface area (Å²) in [5.41, 5.74) is 5.69. The SMILES string of the molecule is CC(=O)N(c1ccc(C)c(C)c1)c1nc(COC(=O)/C=C/c2cccc(C)c2)cs1. The van der Waals surface area contributed by atoms with Gasteiger partial charge in [-0.15, -0.1) is 11.3 Å². The summed E-state index contributed by atoms with van der Waals surface area (Å²) in [6.45, 7) is 7.59. The van der Waals surface area contributed by atoms with Gasteiger partial charge in [0.15, 0.2) is 5.13 Å². The predicted octanol–water partition coefficient (Wildman–Crippen LogP) is 5.51. The number of rotatable bonds is 6. The van der Waals surface area contributed by atoms with Gasteiger partial charge in [0.1, 0.15) is 6.61 Å². The number of anilines is 2. The second-order valence-corrected chi connectivity index (χ2v) is 7.94. The minimum absolute atomic E-state index is 0.0478. The standard InChI is InChI=1S/C24H24N2O3S/c1-16-6-5-7-20(12-16)9-11-23(28)29-14-21-15-30-24(25-21)26(19(4)27)22-10-8-17(2)18(3)13-22/h5-13,15H,14H2,1-4H3/b11-9+. The molecule has 1 heterocycles. The number of thiazole rings is 1. The molecule has 6 heteroatoms. The summed E-state index contributed by atoms with van der Waals surface area (Å²) in [7, 11) is 0. The van der Waals surface area contributed by atoms with Gasteiger partial charge >= 0.3 is 5.97 Å². The highest BCUT2D eigenvalue weighted by Crippen LogP contribution is 2.30. The van der Waals surface area contributed by atoms with Crippen LogP contribution in [0.4, 0.5) is 10.8 Å². The first kappa shape index (κ1) is 21.5. The molecular formula is C24H24N2O3S. The number of aromatic nitrogens is 1.